The van der Waals surface area contributed by atoms with E-state index in [0.717, 1.165) is 17.1 Å². The SMILES string of the molecule is CC1(C)c2ccccc2-c2ccc(N3c4cc(N(c5ccccc5)c5ccccc5)cc5c4B4c6c3cccc6[Si](c3ccccc3)(c3ccccc3)c3cccc(c34)N5c3ccc4c(c3)C(C)(C)c3ccccc3-4)cc21. The Morgan fingerprint density at radius 2 is 0.714 bits per heavy atom. The predicted molar refractivity (Wildman–Crippen MR) is 327 cm³/mol. The molecule has 0 N–H and O–H groups in total. The van der Waals surface area contributed by atoms with Crippen molar-refractivity contribution in [2.45, 2.75) is 38.5 Å². The van der Waals surface area contributed by atoms with Crippen molar-refractivity contribution in [2.75, 3.05) is 14.7 Å². The highest BCUT2D eigenvalue weighted by atomic mass is 28.3. The number of benzene rings is 11. The van der Waals surface area contributed by atoms with E-state index in [1.165, 1.54) is 116 Å². The topological polar surface area (TPSA) is 9.72 Å². The average molecular weight is 1000 g/mol. The molecule has 5 aliphatic rings. The first-order valence-corrected chi connectivity index (χ1v) is 29.3. The van der Waals surface area contributed by atoms with Gasteiger partial charge in [0.1, 0.15) is 0 Å². The molecule has 3 heterocycles. The average Bonchev–Trinajstić information content (AvgIpc) is 3.76. The molecule has 364 valence electrons. The summed E-state index contributed by atoms with van der Waals surface area (Å²) < 4.78 is 0. The smallest absolute Gasteiger partial charge is 0.251 e. The first-order chi connectivity index (χ1) is 37.7. The Morgan fingerprint density at radius 3 is 1.16 bits per heavy atom. The third kappa shape index (κ3) is 5.92. The lowest BCUT2D eigenvalue weighted by atomic mass is 9.33. The molecule has 3 nitrogen and oxygen atoms in total. The van der Waals surface area contributed by atoms with Crippen LogP contribution in [0.1, 0.15) is 49.9 Å². The number of para-hydroxylation sites is 2. The van der Waals surface area contributed by atoms with Crippen molar-refractivity contribution >= 4 is 103 Å². The molecule has 0 saturated heterocycles. The fourth-order valence-electron chi connectivity index (χ4n) is 15.0. The number of hydrogen-bond acceptors (Lipinski definition) is 3. The fourth-order valence-corrected chi connectivity index (χ4v) is 20.3. The maximum absolute atomic E-state index is 3.06. The third-order valence-corrected chi connectivity index (χ3v) is 23.2. The van der Waals surface area contributed by atoms with E-state index in [-0.39, 0.29) is 17.5 Å². The van der Waals surface area contributed by atoms with Crippen molar-refractivity contribution in [2.24, 2.45) is 0 Å². The summed E-state index contributed by atoms with van der Waals surface area (Å²) in [6.45, 7) is 9.59. The molecule has 0 bridgehead atoms. The Hall–Kier alpha value is -8.90. The van der Waals surface area contributed by atoms with E-state index in [4.69, 9.17) is 0 Å². The summed E-state index contributed by atoms with van der Waals surface area (Å²) in [4.78, 5) is 7.79. The second kappa shape index (κ2) is 16.1. The van der Waals surface area contributed by atoms with Crippen molar-refractivity contribution in [1.82, 2.24) is 0 Å². The maximum atomic E-state index is 2.67. The Labute approximate surface area is 453 Å². The molecule has 0 spiro atoms. The van der Waals surface area contributed by atoms with Crippen LogP contribution in [0.15, 0.2) is 255 Å². The molecule has 11 aromatic carbocycles. The minimum atomic E-state index is -3.06. The van der Waals surface area contributed by atoms with Crippen LogP contribution in [-0.2, 0) is 10.8 Å². The highest BCUT2D eigenvalue weighted by Gasteiger charge is 2.56. The Balaban J connectivity index is 1.06. The number of rotatable bonds is 7. The van der Waals surface area contributed by atoms with Crippen LogP contribution in [-0.4, -0.2) is 14.8 Å². The van der Waals surface area contributed by atoms with Gasteiger partial charge in [0.15, 0.2) is 8.07 Å². The minimum Gasteiger partial charge on any atom is -0.311 e. The van der Waals surface area contributed by atoms with E-state index >= 15 is 0 Å². The molecule has 0 saturated carbocycles. The normalized spacial score (nSPS) is 15.5. The van der Waals surface area contributed by atoms with E-state index in [1.807, 2.05) is 0 Å². The molecule has 16 rings (SSSR count). The van der Waals surface area contributed by atoms with Crippen molar-refractivity contribution < 1.29 is 0 Å². The van der Waals surface area contributed by atoms with Crippen LogP contribution in [0.3, 0.4) is 0 Å². The zero-order valence-electron chi connectivity index (χ0n) is 43.7. The Morgan fingerprint density at radius 1 is 0.325 bits per heavy atom. The van der Waals surface area contributed by atoms with Gasteiger partial charge in [0.05, 0.1) is 5.69 Å². The minimum absolute atomic E-state index is 0.0425. The van der Waals surface area contributed by atoms with E-state index in [1.54, 1.807) is 0 Å². The number of hydrogen-bond donors (Lipinski definition) is 0. The second-order valence-corrected chi connectivity index (χ2v) is 26.5. The summed E-state index contributed by atoms with van der Waals surface area (Å²) in [7, 11) is -3.06. The van der Waals surface area contributed by atoms with Gasteiger partial charge in [-0.1, -0.05) is 210 Å². The molecular formula is C72H54BN3Si. The Bertz CT molecular complexity index is 3980. The van der Waals surface area contributed by atoms with Gasteiger partial charge in [0, 0.05) is 56.3 Å². The number of nitrogens with zero attached hydrogens (tertiary/aromatic N) is 3. The summed E-state index contributed by atoms with van der Waals surface area (Å²) in [5.74, 6) is 0. The fraction of sp³-hybridized carbons (Fsp3) is 0.0833. The summed E-state index contributed by atoms with van der Waals surface area (Å²) >= 11 is 0. The van der Waals surface area contributed by atoms with Crippen LogP contribution in [0.2, 0.25) is 0 Å². The predicted octanol–water partition coefficient (Wildman–Crippen LogP) is 13.5. The molecule has 77 heavy (non-hydrogen) atoms. The molecule has 0 unspecified atom stereocenters. The zero-order chi connectivity index (χ0) is 51.4. The van der Waals surface area contributed by atoms with E-state index in [2.05, 4.69) is 297 Å². The lowest BCUT2D eigenvalue weighted by Crippen LogP contribution is -2.88. The van der Waals surface area contributed by atoms with Crippen molar-refractivity contribution in [3.8, 4) is 22.3 Å². The Kier molecular flexibility index (Phi) is 9.26. The zero-order valence-corrected chi connectivity index (χ0v) is 44.7. The highest BCUT2D eigenvalue weighted by Crippen LogP contribution is 2.55. The van der Waals surface area contributed by atoms with Gasteiger partial charge in [-0.25, -0.2) is 0 Å². The lowest BCUT2D eigenvalue weighted by molar-refractivity contribution is 0.660. The van der Waals surface area contributed by atoms with Gasteiger partial charge >= 0.3 is 0 Å². The summed E-state index contributed by atoms with van der Waals surface area (Å²) in [6.07, 6.45) is 0. The van der Waals surface area contributed by atoms with E-state index in [9.17, 15) is 0 Å². The molecule has 0 aromatic heterocycles. The summed E-state index contributed by atoms with van der Waals surface area (Å²) in [5, 5.41) is 5.71. The van der Waals surface area contributed by atoms with Gasteiger partial charge in [0.25, 0.3) is 6.71 Å². The highest BCUT2D eigenvalue weighted by molar-refractivity contribution is 7.27. The molecule has 5 heteroatoms. The van der Waals surface area contributed by atoms with Gasteiger partial charge in [-0.3, -0.25) is 0 Å². The van der Waals surface area contributed by atoms with Gasteiger partial charge in [-0.15, -0.1) is 0 Å². The van der Waals surface area contributed by atoms with Crippen LogP contribution in [0, 0.1) is 0 Å². The first-order valence-electron chi connectivity index (χ1n) is 27.3. The number of fused-ring (bicyclic) bond motifs is 6. The molecule has 0 amide bonds. The largest absolute Gasteiger partial charge is 0.311 e. The summed E-state index contributed by atoms with van der Waals surface area (Å²) in [5.41, 5.74) is 25.1. The standard InChI is InChI=1S/C72H54BN3Si/c1-71(2)58-33-19-17-31-54(58)56-41-39-49(43-60(56)71)75-62-35-21-37-66-69(62)73-68-64(75)45-51(74(47-23-9-5-10-24-47)48-25-11-6-12-26-48)46-65(68)76(50-40-42-57-55-32-18-20-34-59(55)72(3,4)61(57)44-50)63-36-22-38-67(70(63)73)77(66,52-27-13-7-14-28-52)53-29-15-8-16-30-53/h5-46H,1-4H3. The molecular weight excluding hydrogens is 946 g/mol. The monoisotopic (exact) mass is 999 g/mol. The second-order valence-electron chi connectivity index (χ2n) is 22.8. The quantitative estimate of drug-likeness (QED) is 0.147. The van der Waals surface area contributed by atoms with Gasteiger partial charge in [-0.05, 0) is 154 Å². The molecule has 0 fully saturated rings. The van der Waals surface area contributed by atoms with Gasteiger partial charge < -0.3 is 14.7 Å². The van der Waals surface area contributed by atoms with E-state index in [0.29, 0.717) is 0 Å². The van der Waals surface area contributed by atoms with Gasteiger partial charge in [0.2, 0.25) is 0 Å². The molecule has 2 aliphatic carbocycles. The first kappa shape index (κ1) is 44.4. The molecule has 0 radical (unpaired) electrons. The molecule has 11 aromatic rings. The third-order valence-electron chi connectivity index (χ3n) is 18.3. The van der Waals surface area contributed by atoms with Crippen LogP contribution in [0.5, 0.6) is 0 Å². The molecule has 0 atom stereocenters. The van der Waals surface area contributed by atoms with E-state index < -0.39 is 8.07 Å². The van der Waals surface area contributed by atoms with Crippen molar-refractivity contribution in [1.29, 1.82) is 0 Å². The van der Waals surface area contributed by atoms with Crippen molar-refractivity contribution in [3.05, 3.63) is 277 Å². The maximum Gasteiger partial charge on any atom is 0.251 e. The number of anilines is 9. The molecule has 3 aliphatic heterocycles. The van der Waals surface area contributed by atoms with Crippen LogP contribution >= 0.6 is 0 Å². The van der Waals surface area contributed by atoms with Crippen LogP contribution in [0.25, 0.3) is 22.3 Å². The summed E-state index contributed by atoms with van der Waals surface area (Å²) in [6, 6.07) is 97.4. The van der Waals surface area contributed by atoms with Gasteiger partial charge in [-0.2, -0.15) is 0 Å². The lowest BCUT2D eigenvalue weighted by Gasteiger charge is -2.51. The van der Waals surface area contributed by atoms with Crippen molar-refractivity contribution in [3.63, 3.8) is 0 Å². The van der Waals surface area contributed by atoms with Crippen LogP contribution < -0.4 is 51.8 Å². The van der Waals surface area contributed by atoms with Crippen LogP contribution in [0.4, 0.5) is 51.2 Å².